The van der Waals surface area contributed by atoms with Crippen LogP contribution in [-0.2, 0) is 0 Å². The summed E-state index contributed by atoms with van der Waals surface area (Å²) in [5, 5.41) is 0. The van der Waals surface area contributed by atoms with Crippen LogP contribution in [0.5, 0.6) is 5.75 Å². The molecule has 1 aliphatic heterocycles. The Labute approximate surface area is 97.2 Å². The van der Waals surface area contributed by atoms with Crippen molar-refractivity contribution in [1.29, 1.82) is 0 Å². The molecule has 2 N–H and O–H groups in total. The second-order valence-corrected chi connectivity index (χ2v) is 4.49. The summed E-state index contributed by atoms with van der Waals surface area (Å²) in [5.41, 5.74) is 7.72. The fourth-order valence-electron chi connectivity index (χ4n) is 2.27. The first-order valence-electron chi connectivity index (χ1n) is 5.93. The minimum Gasteiger partial charge on any atom is -0.495 e. The number of methoxy groups -OCH3 is 1. The lowest BCUT2D eigenvalue weighted by Crippen LogP contribution is -2.46. The lowest BCUT2D eigenvalue weighted by molar-refractivity contribution is 0.379. The van der Waals surface area contributed by atoms with Gasteiger partial charge in [0.15, 0.2) is 0 Å². The monoisotopic (exact) mass is 220 g/mol. The molecule has 16 heavy (non-hydrogen) atoms. The van der Waals surface area contributed by atoms with Crippen LogP contribution in [0.25, 0.3) is 0 Å². The number of nitrogen functional groups attached to an aromatic ring is 1. The molecule has 1 fully saturated rings. The zero-order valence-electron chi connectivity index (χ0n) is 10.1. The normalized spacial score (nSPS) is 16.0. The highest BCUT2D eigenvalue weighted by Crippen LogP contribution is 2.32. The average molecular weight is 220 g/mol. The first kappa shape index (κ1) is 11.1. The Morgan fingerprint density at radius 2 is 2.19 bits per heavy atom. The van der Waals surface area contributed by atoms with Crippen molar-refractivity contribution in [3.63, 3.8) is 0 Å². The van der Waals surface area contributed by atoms with E-state index in [9.17, 15) is 0 Å². The minimum absolute atomic E-state index is 0.705. The molecule has 0 bridgehead atoms. The van der Waals surface area contributed by atoms with Crippen LogP contribution in [0.2, 0.25) is 0 Å². The summed E-state index contributed by atoms with van der Waals surface area (Å²) in [7, 11) is 1.66. The van der Waals surface area contributed by atoms with Crippen LogP contribution >= 0.6 is 0 Å². The number of ether oxygens (including phenoxy) is 1. The van der Waals surface area contributed by atoms with E-state index >= 15 is 0 Å². The van der Waals surface area contributed by atoms with Crippen LogP contribution in [0.4, 0.5) is 11.4 Å². The molecule has 1 aromatic carbocycles. The number of rotatable bonds is 4. The number of benzene rings is 1. The summed E-state index contributed by atoms with van der Waals surface area (Å²) in [4.78, 5) is 2.38. The Bertz CT molecular complexity index is 359. The molecule has 0 aromatic heterocycles. The van der Waals surface area contributed by atoms with Gasteiger partial charge in [0.25, 0.3) is 0 Å². The van der Waals surface area contributed by atoms with E-state index in [0.29, 0.717) is 5.69 Å². The van der Waals surface area contributed by atoms with E-state index < -0.39 is 0 Å². The van der Waals surface area contributed by atoms with Gasteiger partial charge in [-0.3, -0.25) is 0 Å². The van der Waals surface area contributed by atoms with Gasteiger partial charge in [-0.05, 0) is 24.5 Å². The third-order valence-electron chi connectivity index (χ3n) is 3.24. The quantitative estimate of drug-likeness (QED) is 0.792. The van der Waals surface area contributed by atoms with E-state index in [2.05, 4.69) is 17.9 Å². The number of nitrogens with two attached hydrogens (primary N) is 1. The second kappa shape index (κ2) is 4.64. The standard InChI is InChI=1S/C13H20N2O/c1-3-4-10-8-15(9-10)11-5-6-12(14)13(7-11)16-2/h5-7,10H,3-4,8-9,14H2,1-2H3. The first-order valence-corrected chi connectivity index (χ1v) is 5.93. The predicted molar refractivity (Wildman–Crippen MR) is 68.0 cm³/mol. The van der Waals surface area contributed by atoms with Crippen LogP contribution in [0.15, 0.2) is 18.2 Å². The van der Waals surface area contributed by atoms with Crippen molar-refractivity contribution in [2.45, 2.75) is 19.8 Å². The maximum atomic E-state index is 5.79. The Hall–Kier alpha value is -1.38. The zero-order chi connectivity index (χ0) is 11.5. The molecule has 0 spiro atoms. The van der Waals surface area contributed by atoms with Crippen LogP contribution in [0.3, 0.4) is 0 Å². The second-order valence-electron chi connectivity index (χ2n) is 4.49. The van der Waals surface area contributed by atoms with Gasteiger partial charge in [0.2, 0.25) is 0 Å². The van der Waals surface area contributed by atoms with Gasteiger partial charge in [0.1, 0.15) is 5.75 Å². The van der Waals surface area contributed by atoms with Gasteiger partial charge in [-0.1, -0.05) is 13.3 Å². The minimum atomic E-state index is 0.705. The van der Waals surface area contributed by atoms with Crippen molar-refractivity contribution in [3.8, 4) is 5.75 Å². The van der Waals surface area contributed by atoms with Crippen LogP contribution < -0.4 is 15.4 Å². The van der Waals surface area contributed by atoms with Crippen molar-refractivity contribution in [3.05, 3.63) is 18.2 Å². The molecule has 1 aromatic rings. The summed E-state index contributed by atoms with van der Waals surface area (Å²) in [5.74, 6) is 1.64. The molecule has 2 rings (SSSR count). The maximum Gasteiger partial charge on any atom is 0.143 e. The van der Waals surface area contributed by atoms with Gasteiger partial charge in [-0.2, -0.15) is 0 Å². The molecular weight excluding hydrogens is 200 g/mol. The molecule has 0 saturated carbocycles. The van der Waals surface area contributed by atoms with Crippen molar-refractivity contribution < 1.29 is 4.74 Å². The summed E-state index contributed by atoms with van der Waals surface area (Å²) < 4.78 is 5.23. The highest BCUT2D eigenvalue weighted by molar-refractivity contribution is 5.63. The Morgan fingerprint density at radius 3 is 2.81 bits per heavy atom. The summed E-state index contributed by atoms with van der Waals surface area (Å²) in [6.45, 7) is 4.58. The lowest BCUT2D eigenvalue weighted by atomic mass is 9.94. The van der Waals surface area contributed by atoms with E-state index in [1.54, 1.807) is 7.11 Å². The van der Waals surface area contributed by atoms with Crippen LogP contribution in [0, 0.1) is 5.92 Å². The molecule has 3 nitrogen and oxygen atoms in total. The van der Waals surface area contributed by atoms with Gasteiger partial charge in [0.05, 0.1) is 12.8 Å². The summed E-state index contributed by atoms with van der Waals surface area (Å²) in [6.07, 6.45) is 2.62. The maximum absolute atomic E-state index is 5.79. The lowest BCUT2D eigenvalue weighted by Gasteiger charge is -2.41. The fraction of sp³-hybridized carbons (Fsp3) is 0.538. The smallest absolute Gasteiger partial charge is 0.143 e. The van der Waals surface area contributed by atoms with Crippen LogP contribution in [0.1, 0.15) is 19.8 Å². The van der Waals surface area contributed by atoms with Gasteiger partial charge >= 0.3 is 0 Å². The molecule has 1 saturated heterocycles. The molecule has 1 heterocycles. The molecule has 0 aliphatic carbocycles. The average Bonchev–Trinajstić information content (AvgIpc) is 2.24. The zero-order valence-corrected chi connectivity index (χ0v) is 10.1. The molecule has 0 radical (unpaired) electrons. The Morgan fingerprint density at radius 1 is 1.44 bits per heavy atom. The van der Waals surface area contributed by atoms with E-state index in [-0.39, 0.29) is 0 Å². The SMILES string of the molecule is CCCC1CN(c2ccc(N)c(OC)c2)C1. The number of hydrogen-bond acceptors (Lipinski definition) is 3. The molecule has 1 aliphatic rings. The van der Waals surface area contributed by atoms with Crippen LogP contribution in [-0.4, -0.2) is 20.2 Å². The van der Waals surface area contributed by atoms with Crippen molar-refractivity contribution in [1.82, 2.24) is 0 Å². The highest BCUT2D eigenvalue weighted by Gasteiger charge is 2.26. The predicted octanol–water partition coefficient (Wildman–Crippen LogP) is 2.51. The Balaban J connectivity index is 2.01. The van der Waals surface area contributed by atoms with E-state index in [1.165, 1.54) is 31.6 Å². The topological polar surface area (TPSA) is 38.5 Å². The van der Waals surface area contributed by atoms with Gasteiger partial charge in [-0.15, -0.1) is 0 Å². The largest absolute Gasteiger partial charge is 0.495 e. The third kappa shape index (κ3) is 2.08. The highest BCUT2D eigenvalue weighted by atomic mass is 16.5. The van der Waals surface area contributed by atoms with E-state index in [0.717, 1.165) is 11.7 Å². The van der Waals surface area contributed by atoms with Gasteiger partial charge < -0.3 is 15.4 Å². The molecule has 0 unspecified atom stereocenters. The fourth-order valence-corrected chi connectivity index (χ4v) is 2.27. The van der Waals surface area contributed by atoms with Crippen molar-refractivity contribution in [2.75, 3.05) is 30.8 Å². The number of hydrogen-bond donors (Lipinski definition) is 1. The van der Waals surface area contributed by atoms with Crippen molar-refractivity contribution in [2.24, 2.45) is 5.92 Å². The molecule has 3 heteroatoms. The molecular formula is C13H20N2O. The number of nitrogens with zero attached hydrogens (tertiary/aromatic N) is 1. The number of anilines is 2. The first-order chi connectivity index (χ1) is 7.74. The van der Waals surface area contributed by atoms with Crippen molar-refractivity contribution >= 4 is 11.4 Å². The third-order valence-corrected chi connectivity index (χ3v) is 3.24. The molecule has 0 atom stereocenters. The molecule has 88 valence electrons. The molecule has 0 amide bonds. The van der Waals surface area contributed by atoms with Gasteiger partial charge in [-0.25, -0.2) is 0 Å². The summed E-state index contributed by atoms with van der Waals surface area (Å²) >= 11 is 0. The Kier molecular flexibility index (Phi) is 3.22. The van der Waals surface area contributed by atoms with E-state index in [4.69, 9.17) is 10.5 Å². The van der Waals surface area contributed by atoms with Gasteiger partial charge in [0, 0.05) is 24.8 Å². The summed E-state index contributed by atoms with van der Waals surface area (Å²) in [6, 6.07) is 6.01. The van der Waals surface area contributed by atoms with E-state index in [1.807, 2.05) is 12.1 Å².